The molecule has 4 rings (SSSR count). The number of hydrogen-bond donors (Lipinski definition) is 4. The minimum absolute atomic E-state index is 0.0786. The number of esters is 4. The summed E-state index contributed by atoms with van der Waals surface area (Å²) in [5.74, 6) is -7.36. The van der Waals surface area contributed by atoms with Gasteiger partial charge in [0.2, 0.25) is 5.79 Å². The van der Waals surface area contributed by atoms with Crippen LogP contribution in [0.25, 0.3) is 0 Å². The second-order valence-electron chi connectivity index (χ2n) is 17.7. The molecular formula is C45H66O15. The van der Waals surface area contributed by atoms with E-state index in [2.05, 4.69) is 6.58 Å². The van der Waals surface area contributed by atoms with Gasteiger partial charge in [0.05, 0.1) is 55.6 Å². The van der Waals surface area contributed by atoms with E-state index in [9.17, 15) is 39.6 Å². The minimum Gasteiger partial charge on any atom is -0.466 e. The van der Waals surface area contributed by atoms with Crippen molar-refractivity contribution in [1.82, 2.24) is 0 Å². The largest absolute Gasteiger partial charge is 0.466 e. The van der Waals surface area contributed by atoms with E-state index in [0.717, 1.165) is 24.5 Å². The summed E-state index contributed by atoms with van der Waals surface area (Å²) in [6.07, 6.45) is 3.04. The average Bonchev–Trinajstić information content (AvgIpc) is 3.13. The third kappa shape index (κ3) is 12.2. The van der Waals surface area contributed by atoms with Gasteiger partial charge in [0.15, 0.2) is 11.9 Å². The molecular weight excluding hydrogens is 780 g/mol. The molecule has 0 aromatic rings. The van der Waals surface area contributed by atoms with E-state index in [4.69, 9.17) is 33.2 Å². The van der Waals surface area contributed by atoms with E-state index in [-0.39, 0.29) is 37.7 Å². The van der Waals surface area contributed by atoms with Gasteiger partial charge in [-0.05, 0) is 38.2 Å². The Kier molecular flexibility index (Phi) is 16.7. The summed E-state index contributed by atoms with van der Waals surface area (Å²) in [6, 6.07) is 0. The molecule has 4 aliphatic heterocycles. The Balaban J connectivity index is 1.82. The van der Waals surface area contributed by atoms with E-state index in [1.54, 1.807) is 45.9 Å². The van der Waals surface area contributed by atoms with Crippen molar-refractivity contribution < 1.29 is 72.8 Å². The number of aliphatic hydroxyl groups is 4. The van der Waals surface area contributed by atoms with Crippen LogP contribution in [0.3, 0.4) is 0 Å². The van der Waals surface area contributed by atoms with Crippen LogP contribution in [0.4, 0.5) is 0 Å². The molecule has 0 unspecified atom stereocenters. The number of carbonyl (C=O) groups is 4. The van der Waals surface area contributed by atoms with Crippen molar-refractivity contribution in [3.8, 4) is 0 Å². The smallest absolute Gasteiger partial charge is 0.331 e. The summed E-state index contributed by atoms with van der Waals surface area (Å²) in [5, 5.41) is 47.2. The molecule has 3 fully saturated rings. The number of hydrogen-bond acceptors (Lipinski definition) is 15. The Morgan fingerprint density at radius 1 is 0.967 bits per heavy atom. The SMILES string of the molecule is C=C1C[C@H]2C[C@@]3(O)O[C@H](C[C@@H](O)CC(=O)O[C@@H]([C@@H](C)O)C[C@@H]4C/C(=C\C(=O)OC)[C@H](OC(=O)/C=C/C=C/CCC)[C@@](O)(O4)C(C)(C)/C=C/[C@@H](C1)O2)C[C@H](OC(C)=O)C3(C)C. The number of carbonyl (C=O) groups excluding carboxylic acids is 4. The molecule has 4 N–H and O–H groups in total. The number of allylic oxidation sites excluding steroid dienone is 3. The molecule has 3 saturated heterocycles. The van der Waals surface area contributed by atoms with Crippen LogP contribution in [-0.4, -0.2) is 118 Å². The highest BCUT2D eigenvalue weighted by Crippen LogP contribution is 2.50. The number of ether oxygens (including phenoxy) is 7. The lowest BCUT2D eigenvalue weighted by atomic mass is 9.70. The third-order valence-electron chi connectivity index (χ3n) is 11.9. The molecule has 0 spiro atoms. The quantitative estimate of drug-likeness (QED) is 0.0854. The Hall–Kier alpha value is -3.70. The molecule has 11 atom stereocenters. The molecule has 6 bridgehead atoms. The van der Waals surface area contributed by atoms with Crippen LogP contribution < -0.4 is 0 Å². The van der Waals surface area contributed by atoms with Crippen molar-refractivity contribution in [3.63, 3.8) is 0 Å². The Morgan fingerprint density at radius 2 is 1.68 bits per heavy atom. The molecule has 60 heavy (non-hydrogen) atoms. The Morgan fingerprint density at radius 3 is 2.33 bits per heavy atom. The first kappa shape index (κ1) is 49.0. The third-order valence-corrected chi connectivity index (χ3v) is 11.9. The maximum Gasteiger partial charge on any atom is 0.331 e. The highest BCUT2D eigenvalue weighted by atomic mass is 16.7. The summed E-state index contributed by atoms with van der Waals surface area (Å²) >= 11 is 0. The van der Waals surface area contributed by atoms with Crippen LogP contribution in [-0.2, 0) is 52.3 Å². The second kappa shape index (κ2) is 20.4. The highest BCUT2D eigenvalue weighted by molar-refractivity contribution is 5.84. The number of methoxy groups -OCH3 is 1. The molecule has 0 saturated carbocycles. The second-order valence-corrected chi connectivity index (χ2v) is 17.7. The molecule has 336 valence electrons. The molecule has 4 heterocycles. The molecule has 0 aromatic heterocycles. The molecule has 4 aliphatic rings. The van der Waals surface area contributed by atoms with Crippen LogP contribution >= 0.6 is 0 Å². The van der Waals surface area contributed by atoms with Crippen LogP contribution in [0.1, 0.15) is 113 Å². The van der Waals surface area contributed by atoms with Crippen molar-refractivity contribution in [2.24, 2.45) is 10.8 Å². The summed E-state index contributed by atoms with van der Waals surface area (Å²) in [6.45, 7) is 15.7. The van der Waals surface area contributed by atoms with E-state index in [0.29, 0.717) is 12.8 Å². The number of aliphatic hydroxyl groups excluding tert-OH is 2. The van der Waals surface area contributed by atoms with Crippen molar-refractivity contribution in [3.05, 3.63) is 60.3 Å². The van der Waals surface area contributed by atoms with Gasteiger partial charge in [0, 0.05) is 50.2 Å². The van der Waals surface area contributed by atoms with Gasteiger partial charge in [-0.1, -0.05) is 83.6 Å². The van der Waals surface area contributed by atoms with Crippen molar-refractivity contribution in [2.45, 2.75) is 179 Å². The lowest BCUT2D eigenvalue weighted by Crippen LogP contribution is -2.62. The highest BCUT2D eigenvalue weighted by Gasteiger charge is 2.59. The fraction of sp³-hybridized carbons (Fsp3) is 0.689. The van der Waals surface area contributed by atoms with Crippen LogP contribution in [0.2, 0.25) is 0 Å². The first-order valence-electron chi connectivity index (χ1n) is 20.9. The van der Waals surface area contributed by atoms with Gasteiger partial charge in [0.1, 0.15) is 12.2 Å². The summed E-state index contributed by atoms with van der Waals surface area (Å²) in [4.78, 5) is 51.8. The molecule has 0 radical (unpaired) electrons. The van der Waals surface area contributed by atoms with Gasteiger partial charge in [0.25, 0.3) is 0 Å². The molecule has 0 aliphatic carbocycles. The van der Waals surface area contributed by atoms with Gasteiger partial charge < -0.3 is 53.6 Å². The van der Waals surface area contributed by atoms with Gasteiger partial charge >= 0.3 is 23.9 Å². The Labute approximate surface area is 353 Å². The fourth-order valence-corrected chi connectivity index (χ4v) is 8.28. The zero-order chi connectivity index (χ0) is 44.6. The summed E-state index contributed by atoms with van der Waals surface area (Å²) < 4.78 is 41.6. The number of unbranched alkanes of at least 4 members (excludes halogenated alkanes) is 1. The van der Waals surface area contributed by atoms with Crippen molar-refractivity contribution >= 4 is 23.9 Å². The fourth-order valence-electron chi connectivity index (χ4n) is 8.28. The first-order valence-corrected chi connectivity index (χ1v) is 20.9. The van der Waals surface area contributed by atoms with E-state index >= 15 is 0 Å². The zero-order valence-corrected chi connectivity index (χ0v) is 36.3. The van der Waals surface area contributed by atoms with Crippen LogP contribution in [0, 0.1) is 10.8 Å². The van der Waals surface area contributed by atoms with E-state index in [1.165, 1.54) is 33.1 Å². The van der Waals surface area contributed by atoms with Crippen LogP contribution in [0.5, 0.6) is 0 Å². The zero-order valence-electron chi connectivity index (χ0n) is 36.3. The lowest BCUT2D eigenvalue weighted by molar-refractivity contribution is -0.348. The first-order chi connectivity index (χ1) is 28.0. The molecule has 0 aromatic carbocycles. The Bertz CT molecular complexity index is 1680. The normalized spacial score (nSPS) is 36.8. The van der Waals surface area contributed by atoms with Gasteiger partial charge in [-0.15, -0.1) is 0 Å². The standard InChI is InChI=1S/C45H66O15/c1-10-11-12-13-14-15-38(49)58-41-30(21-39(50)54-9)20-33-24-36(28(3)46)57-40(51)23-31(48)22-34-25-37(55-29(4)47)43(7,8)44(52,59-34)26-35-19-27(2)18-32(56-35)16-17-42(5,6)45(41,53)60-33/h12-17,21,28,31-37,41,46,48,52-53H,2,10-11,18-20,22-26H2,1,3-9H3/b13-12+,15-14+,17-16+,30-21+/t28-,31-,32+,33+,34-,35+,36-,37+,41+,44-,45-/m1/s1. The van der Waals surface area contributed by atoms with Gasteiger partial charge in [-0.3, -0.25) is 9.59 Å². The summed E-state index contributed by atoms with van der Waals surface area (Å²) in [7, 11) is 1.18. The maximum absolute atomic E-state index is 13.4. The molecule has 15 nitrogen and oxygen atoms in total. The average molecular weight is 847 g/mol. The van der Waals surface area contributed by atoms with Crippen molar-refractivity contribution in [1.29, 1.82) is 0 Å². The monoisotopic (exact) mass is 846 g/mol. The van der Waals surface area contributed by atoms with Gasteiger partial charge in [-0.2, -0.15) is 0 Å². The van der Waals surface area contributed by atoms with Gasteiger partial charge in [-0.25, -0.2) is 9.59 Å². The van der Waals surface area contributed by atoms with Crippen molar-refractivity contribution in [2.75, 3.05) is 7.11 Å². The van der Waals surface area contributed by atoms with Crippen LogP contribution in [0.15, 0.2) is 60.3 Å². The van der Waals surface area contributed by atoms with E-state index < -0.39 is 108 Å². The topological polar surface area (TPSA) is 214 Å². The number of cyclic esters (lactones) is 1. The maximum atomic E-state index is 13.4. The van der Waals surface area contributed by atoms with E-state index in [1.807, 2.05) is 13.0 Å². The molecule has 15 heteroatoms. The number of fused-ring (bicyclic) bond motifs is 6. The lowest BCUT2D eigenvalue weighted by Gasteiger charge is -2.53. The predicted molar refractivity (Wildman–Crippen MR) is 217 cm³/mol. The summed E-state index contributed by atoms with van der Waals surface area (Å²) in [5.41, 5.74) is -1.62. The molecule has 0 amide bonds. The number of rotatable bonds is 8. The predicted octanol–water partition coefficient (Wildman–Crippen LogP) is 4.74. The minimum atomic E-state index is -2.39.